The van der Waals surface area contributed by atoms with E-state index >= 15 is 0 Å². The minimum absolute atomic E-state index is 0.267. The zero-order valence-corrected chi connectivity index (χ0v) is 21.7. The Morgan fingerprint density at radius 3 is 2.77 bits per heavy atom. The number of aromatic nitrogens is 3. The van der Waals surface area contributed by atoms with E-state index in [-0.39, 0.29) is 12.2 Å². The highest BCUT2D eigenvalue weighted by molar-refractivity contribution is 7.80. The highest BCUT2D eigenvalue weighted by Gasteiger charge is 2.22. The number of fused-ring (bicyclic) bond motifs is 3. The number of anilines is 3. The van der Waals surface area contributed by atoms with Gasteiger partial charge in [0.25, 0.3) is 0 Å². The molecule has 0 radical (unpaired) electrons. The second-order valence-electron chi connectivity index (χ2n) is 9.35. The maximum Gasteiger partial charge on any atom is 0.227 e. The van der Waals surface area contributed by atoms with Gasteiger partial charge in [0.15, 0.2) is 0 Å². The molecule has 2 atom stereocenters. The first-order valence-corrected chi connectivity index (χ1v) is 12.7. The summed E-state index contributed by atoms with van der Waals surface area (Å²) in [5.74, 6) is 0.523. The molecule has 4 heterocycles. The van der Waals surface area contributed by atoms with Crippen molar-refractivity contribution >= 4 is 46.1 Å². The number of thiocarbonyl (C=S) groups is 1. The fraction of sp³-hybridized carbons (Fsp3) is 0.385. The SMILES string of the molecule is Cc1ncc(CCN2C[C@@H](C)O[C@H](C)C2)cc1Nc1ncc2c(n1)-c1ccc(Cl)cc1NC(=S)C2. The largest absolute Gasteiger partial charge is 0.373 e. The van der Waals surface area contributed by atoms with Crippen molar-refractivity contribution in [1.82, 2.24) is 19.9 Å². The van der Waals surface area contributed by atoms with Gasteiger partial charge in [0.2, 0.25) is 5.95 Å². The van der Waals surface area contributed by atoms with Crippen molar-refractivity contribution in [3.05, 3.63) is 58.5 Å². The normalized spacial score (nSPS) is 19.9. The van der Waals surface area contributed by atoms with Crippen LogP contribution in [0.5, 0.6) is 0 Å². The van der Waals surface area contributed by atoms with Crippen molar-refractivity contribution in [2.45, 2.75) is 45.8 Å². The van der Waals surface area contributed by atoms with Crippen molar-refractivity contribution in [1.29, 1.82) is 0 Å². The summed E-state index contributed by atoms with van der Waals surface area (Å²) in [6.07, 6.45) is 5.83. The van der Waals surface area contributed by atoms with Crippen LogP contribution in [0.4, 0.5) is 17.3 Å². The fourth-order valence-corrected chi connectivity index (χ4v) is 5.18. The number of rotatable bonds is 5. The van der Waals surface area contributed by atoms with E-state index in [1.54, 1.807) is 0 Å². The van der Waals surface area contributed by atoms with E-state index in [1.165, 1.54) is 5.56 Å². The monoisotopic (exact) mass is 508 g/mol. The van der Waals surface area contributed by atoms with Gasteiger partial charge in [-0.15, -0.1) is 0 Å². The van der Waals surface area contributed by atoms with Gasteiger partial charge in [0.1, 0.15) is 0 Å². The molecule has 7 nitrogen and oxygen atoms in total. The van der Waals surface area contributed by atoms with E-state index in [4.69, 9.17) is 33.5 Å². The Bertz CT molecular complexity index is 1260. The summed E-state index contributed by atoms with van der Waals surface area (Å²) in [5, 5.41) is 7.32. The van der Waals surface area contributed by atoms with Crippen molar-refractivity contribution in [3.8, 4) is 11.3 Å². The Hall–Kier alpha value is -2.65. The summed E-state index contributed by atoms with van der Waals surface area (Å²) >= 11 is 11.7. The summed E-state index contributed by atoms with van der Waals surface area (Å²) in [6, 6.07) is 7.86. The molecule has 182 valence electrons. The summed E-state index contributed by atoms with van der Waals surface area (Å²) in [4.78, 5) is 17.2. The summed E-state index contributed by atoms with van der Waals surface area (Å²) in [6.45, 7) is 9.15. The van der Waals surface area contributed by atoms with Gasteiger partial charge in [0, 0.05) is 60.3 Å². The molecule has 1 fully saturated rings. The zero-order valence-electron chi connectivity index (χ0n) is 20.1. The molecular formula is C26H29ClN6OS. The van der Waals surface area contributed by atoms with Crippen LogP contribution in [0.2, 0.25) is 5.02 Å². The lowest BCUT2D eigenvalue weighted by Gasteiger charge is -2.35. The first-order valence-electron chi connectivity index (χ1n) is 11.9. The van der Waals surface area contributed by atoms with Crippen LogP contribution >= 0.6 is 23.8 Å². The number of nitrogens with one attached hydrogen (secondary N) is 2. The minimum atomic E-state index is 0.267. The average molecular weight is 509 g/mol. The standard InChI is InChI=1S/C26H29ClN6OS/c1-15-13-33(14-16(2)34-15)7-6-18-8-22(17(3)28-11-18)31-26-29-12-19-9-24(35)30-23-10-20(27)4-5-21(23)25(19)32-26/h4-5,8,10-12,15-16H,6-7,9,13-14H2,1-3H3,(H,30,35)(H,29,31,32)/t15-,16-/m1/s1. The fourth-order valence-electron chi connectivity index (χ4n) is 4.74. The quantitative estimate of drug-likeness (QED) is 0.456. The Morgan fingerprint density at radius 1 is 1.17 bits per heavy atom. The van der Waals surface area contributed by atoms with Gasteiger partial charge in [0.05, 0.1) is 34.3 Å². The summed E-state index contributed by atoms with van der Waals surface area (Å²) in [7, 11) is 0. The molecule has 2 N–H and O–H groups in total. The lowest BCUT2D eigenvalue weighted by Crippen LogP contribution is -2.46. The minimum Gasteiger partial charge on any atom is -0.373 e. The van der Waals surface area contributed by atoms with E-state index in [0.717, 1.165) is 59.9 Å². The lowest BCUT2D eigenvalue weighted by molar-refractivity contribution is -0.0675. The number of hydrogen-bond donors (Lipinski definition) is 2. The Kier molecular flexibility index (Phi) is 6.98. The predicted molar refractivity (Wildman–Crippen MR) is 145 cm³/mol. The molecule has 0 saturated carbocycles. The molecule has 1 aromatic carbocycles. The van der Waals surface area contributed by atoms with Crippen LogP contribution < -0.4 is 10.6 Å². The molecule has 0 amide bonds. The molecule has 1 saturated heterocycles. The van der Waals surface area contributed by atoms with Gasteiger partial charge in [-0.1, -0.05) is 23.8 Å². The Balaban J connectivity index is 1.36. The molecule has 9 heteroatoms. The van der Waals surface area contributed by atoms with Crippen molar-refractivity contribution in [3.63, 3.8) is 0 Å². The van der Waals surface area contributed by atoms with E-state index < -0.39 is 0 Å². The van der Waals surface area contributed by atoms with Gasteiger partial charge in [-0.05, 0) is 57.0 Å². The highest BCUT2D eigenvalue weighted by atomic mass is 35.5. The number of nitrogens with zero attached hydrogens (tertiary/aromatic N) is 4. The molecular weight excluding hydrogens is 480 g/mol. The first kappa shape index (κ1) is 24.1. The molecule has 2 aliphatic heterocycles. The number of pyridine rings is 1. The van der Waals surface area contributed by atoms with Gasteiger partial charge < -0.3 is 15.4 Å². The van der Waals surface area contributed by atoms with Crippen LogP contribution in [0, 0.1) is 6.92 Å². The zero-order chi connectivity index (χ0) is 24.5. The number of halogens is 1. The van der Waals surface area contributed by atoms with E-state index in [1.807, 2.05) is 37.5 Å². The van der Waals surface area contributed by atoms with Gasteiger partial charge in [-0.25, -0.2) is 9.97 Å². The highest BCUT2D eigenvalue weighted by Crippen LogP contribution is 2.35. The topological polar surface area (TPSA) is 75.2 Å². The molecule has 3 aromatic rings. The van der Waals surface area contributed by atoms with Crippen LogP contribution in [0.15, 0.2) is 36.7 Å². The molecule has 2 aromatic heterocycles. The molecule has 35 heavy (non-hydrogen) atoms. The Morgan fingerprint density at radius 2 is 1.97 bits per heavy atom. The third kappa shape index (κ3) is 5.62. The number of morpholine rings is 1. The summed E-state index contributed by atoms with van der Waals surface area (Å²) in [5.41, 5.74) is 6.62. The molecule has 2 aliphatic rings. The molecule has 0 bridgehead atoms. The van der Waals surface area contributed by atoms with Gasteiger partial charge >= 0.3 is 0 Å². The third-order valence-corrected chi connectivity index (χ3v) is 6.81. The van der Waals surface area contributed by atoms with Gasteiger partial charge in [-0.3, -0.25) is 9.88 Å². The molecule has 5 rings (SSSR count). The number of ether oxygens (including phenoxy) is 1. The van der Waals surface area contributed by atoms with Crippen LogP contribution in [0.3, 0.4) is 0 Å². The van der Waals surface area contributed by atoms with Crippen LogP contribution in [0.1, 0.15) is 30.7 Å². The second-order valence-corrected chi connectivity index (χ2v) is 10.3. The maximum absolute atomic E-state index is 6.22. The van der Waals surface area contributed by atoms with E-state index in [2.05, 4.69) is 45.4 Å². The van der Waals surface area contributed by atoms with Crippen molar-refractivity contribution < 1.29 is 4.74 Å². The number of hydrogen-bond acceptors (Lipinski definition) is 7. The van der Waals surface area contributed by atoms with Crippen molar-refractivity contribution in [2.75, 3.05) is 30.3 Å². The van der Waals surface area contributed by atoms with Gasteiger partial charge in [-0.2, -0.15) is 0 Å². The smallest absolute Gasteiger partial charge is 0.227 e. The second kappa shape index (κ2) is 10.1. The van der Waals surface area contributed by atoms with Crippen LogP contribution in [-0.4, -0.2) is 56.7 Å². The third-order valence-electron chi connectivity index (χ3n) is 6.33. The van der Waals surface area contributed by atoms with E-state index in [9.17, 15) is 0 Å². The molecule has 0 unspecified atom stereocenters. The van der Waals surface area contributed by atoms with E-state index in [0.29, 0.717) is 22.4 Å². The number of aryl methyl sites for hydroxylation is 1. The summed E-state index contributed by atoms with van der Waals surface area (Å²) < 4.78 is 5.86. The molecule has 0 aliphatic carbocycles. The van der Waals surface area contributed by atoms with Crippen molar-refractivity contribution in [2.24, 2.45) is 0 Å². The maximum atomic E-state index is 6.22. The number of benzene rings is 1. The lowest BCUT2D eigenvalue weighted by atomic mass is 10.1. The predicted octanol–water partition coefficient (Wildman–Crippen LogP) is 5.19. The first-order chi connectivity index (χ1) is 16.8. The van der Waals surface area contributed by atoms with Crippen LogP contribution in [0.25, 0.3) is 11.3 Å². The molecule has 0 spiro atoms. The Labute approximate surface area is 216 Å². The average Bonchev–Trinajstić information content (AvgIpc) is 2.93. The van der Waals surface area contributed by atoms with Crippen LogP contribution in [-0.2, 0) is 17.6 Å².